The summed E-state index contributed by atoms with van der Waals surface area (Å²) in [6.45, 7) is 0.785. The van der Waals surface area contributed by atoms with Crippen LogP contribution in [-0.2, 0) is 6.42 Å². The lowest BCUT2D eigenvalue weighted by Gasteiger charge is -2.22. The largest absolute Gasteiger partial charge is 0.349 e. The van der Waals surface area contributed by atoms with E-state index < -0.39 is 0 Å². The molecule has 0 bridgehead atoms. The van der Waals surface area contributed by atoms with Crippen LogP contribution in [0.3, 0.4) is 0 Å². The maximum absolute atomic E-state index is 4.64. The van der Waals surface area contributed by atoms with Crippen LogP contribution in [0, 0.1) is 0 Å². The molecule has 0 saturated carbocycles. The zero-order chi connectivity index (χ0) is 15.2. The van der Waals surface area contributed by atoms with Gasteiger partial charge in [-0.05, 0) is 30.2 Å². The van der Waals surface area contributed by atoms with Gasteiger partial charge in [0.2, 0.25) is 0 Å². The van der Waals surface area contributed by atoms with E-state index in [4.69, 9.17) is 0 Å². The third kappa shape index (κ3) is 4.08. The van der Waals surface area contributed by atoms with E-state index in [9.17, 15) is 0 Å². The van der Waals surface area contributed by atoms with E-state index in [-0.39, 0.29) is 0 Å². The minimum absolute atomic E-state index is 0.785. The van der Waals surface area contributed by atoms with Gasteiger partial charge in [-0.15, -0.1) is 0 Å². The third-order valence-electron chi connectivity index (χ3n) is 3.16. The predicted octanol–water partition coefficient (Wildman–Crippen LogP) is 1.89. The lowest BCUT2D eigenvalue weighted by molar-refractivity contribution is 0.479. The second kappa shape index (κ2) is 6.92. The Bertz CT molecular complexity index is 557. The fourth-order valence-corrected chi connectivity index (χ4v) is 2.20. The van der Waals surface area contributed by atoms with Crippen LogP contribution >= 0.6 is 0 Å². The third-order valence-corrected chi connectivity index (χ3v) is 3.16. The van der Waals surface area contributed by atoms with Gasteiger partial charge in [0.05, 0.1) is 5.69 Å². The van der Waals surface area contributed by atoms with Crippen molar-refractivity contribution in [1.29, 1.82) is 0 Å². The molecule has 1 aromatic carbocycles. The Morgan fingerprint density at radius 1 is 1.10 bits per heavy atom. The first-order valence-corrected chi connectivity index (χ1v) is 7.06. The SMILES string of the molecule is CN(C)C(=NCCc1ccc(-n2cccn2)cc1)N(C)C. The first-order chi connectivity index (χ1) is 10.1. The molecule has 0 spiro atoms. The van der Waals surface area contributed by atoms with Crippen molar-refractivity contribution in [2.24, 2.45) is 4.99 Å². The van der Waals surface area contributed by atoms with Crippen molar-refractivity contribution >= 4 is 5.96 Å². The van der Waals surface area contributed by atoms with E-state index in [1.165, 1.54) is 5.56 Å². The monoisotopic (exact) mass is 285 g/mol. The van der Waals surface area contributed by atoms with E-state index in [2.05, 4.69) is 34.4 Å². The van der Waals surface area contributed by atoms with E-state index >= 15 is 0 Å². The summed E-state index contributed by atoms with van der Waals surface area (Å²) in [5.41, 5.74) is 2.36. The van der Waals surface area contributed by atoms with Gasteiger partial charge in [0, 0.05) is 47.1 Å². The fourth-order valence-electron chi connectivity index (χ4n) is 2.20. The molecule has 0 aliphatic heterocycles. The normalized spacial score (nSPS) is 10.3. The first-order valence-electron chi connectivity index (χ1n) is 7.06. The molecular formula is C16H23N5. The van der Waals surface area contributed by atoms with Crippen LogP contribution in [0.25, 0.3) is 5.69 Å². The highest BCUT2D eigenvalue weighted by Gasteiger charge is 2.03. The Hall–Kier alpha value is -2.30. The standard InChI is InChI=1S/C16H23N5/c1-19(2)16(20(3)4)17-12-10-14-6-8-15(9-7-14)21-13-5-11-18-21/h5-9,11,13H,10,12H2,1-4H3. The van der Waals surface area contributed by atoms with Crippen molar-refractivity contribution in [3.63, 3.8) is 0 Å². The van der Waals surface area contributed by atoms with Gasteiger partial charge in [-0.2, -0.15) is 5.10 Å². The number of aromatic nitrogens is 2. The van der Waals surface area contributed by atoms with Crippen molar-refractivity contribution in [3.8, 4) is 5.69 Å². The highest BCUT2D eigenvalue weighted by molar-refractivity contribution is 5.79. The Morgan fingerprint density at radius 3 is 2.29 bits per heavy atom. The summed E-state index contributed by atoms with van der Waals surface area (Å²) < 4.78 is 1.86. The molecule has 5 heteroatoms. The number of nitrogens with zero attached hydrogens (tertiary/aromatic N) is 5. The molecular weight excluding hydrogens is 262 g/mol. The average Bonchev–Trinajstić information content (AvgIpc) is 2.97. The van der Waals surface area contributed by atoms with Crippen molar-refractivity contribution in [2.75, 3.05) is 34.7 Å². The molecule has 0 atom stereocenters. The summed E-state index contributed by atoms with van der Waals surface area (Å²) in [4.78, 5) is 8.70. The molecule has 5 nitrogen and oxygen atoms in total. The second-order valence-corrected chi connectivity index (χ2v) is 5.34. The lowest BCUT2D eigenvalue weighted by atomic mass is 10.1. The number of hydrogen-bond donors (Lipinski definition) is 0. The van der Waals surface area contributed by atoms with Gasteiger partial charge in [-0.3, -0.25) is 4.99 Å². The average molecular weight is 285 g/mol. The van der Waals surface area contributed by atoms with Gasteiger partial charge in [0.1, 0.15) is 0 Å². The Labute approximate surface area is 126 Å². The number of benzene rings is 1. The maximum atomic E-state index is 4.64. The van der Waals surface area contributed by atoms with Crippen LogP contribution in [0.1, 0.15) is 5.56 Å². The first kappa shape index (κ1) is 15.1. The lowest BCUT2D eigenvalue weighted by Crippen LogP contribution is -2.35. The Kier molecular flexibility index (Phi) is 4.98. The van der Waals surface area contributed by atoms with Crippen LogP contribution in [-0.4, -0.2) is 60.3 Å². The van der Waals surface area contributed by atoms with Gasteiger partial charge in [-0.25, -0.2) is 4.68 Å². The summed E-state index contributed by atoms with van der Waals surface area (Å²) in [6, 6.07) is 10.4. The number of guanidine groups is 1. The molecule has 112 valence electrons. The topological polar surface area (TPSA) is 36.7 Å². The minimum Gasteiger partial charge on any atom is -0.349 e. The van der Waals surface area contributed by atoms with Gasteiger partial charge in [0.15, 0.2) is 5.96 Å². The van der Waals surface area contributed by atoms with Gasteiger partial charge in [0.25, 0.3) is 0 Å². The summed E-state index contributed by atoms with van der Waals surface area (Å²) in [5.74, 6) is 0.989. The summed E-state index contributed by atoms with van der Waals surface area (Å²) in [5, 5.41) is 4.22. The molecule has 0 saturated heterocycles. The molecule has 2 aromatic rings. The van der Waals surface area contributed by atoms with Gasteiger partial charge >= 0.3 is 0 Å². The molecule has 2 rings (SSSR count). The summed E-state index contributed by atoms with van der Waals surface area (Å²) in [7, 11) is 8.05. The second-order valence-electron chi connectivity index (χ2n) is 5.34. The quantitative estimate of drug-likeness (QED) is 0.636. The maximum Gasteiger partial charge on any atom is 0.195 e. The van der Waals surface area contributed by atoms with E-state index in [1.54, 1.807) is 6.20 Å². The predicted molar refractivity (Wildman–Crippen MR) is 86.9 cm³/mol. The Balaban J connectivity index is 1.96. The van der Waals surface area contributed by atoms with E-state index in [0.717, 1.165) is 24.6 Å². The fraction of sp³-hybridized carbons (Fsp3) is 0.375. The Morgan fingerprint density at radius 2 is 1.76 bits per heavy atom. The molecule has 0 unspecified atom stereocenters. The number of rotatable bonds is 4. The van der Waals surface area contributed by atoms with Crippen LogP contribution in [0.2, 0.25) is 0 Å². The van der Waals surface area contributed by atoms with Crippen molar-refractivity contribution < 1.29 is 0 Å². The van der Waals surface area contributed by atoms with E-state index in [0.29, 0.717) is 0 Å². The molecule has 0 aliphatic rings. The summed E-state index contributed by atoms with van der Waals surface area (Å²) >= 11 is 0. The molecule has 21 heavy (non-hydrogen) atoms. The highest BCUT2D eigenvalue weighted by atomic mass is 15.3. The number of aliphatic imine (C=N–C) groups is 1. The molecule has 0 aliphatic carbocycles. The molecule has 0 radical (unpaired) electrons. The molecule has 1 aromatic heterocycles. The van der Waals surface area contributed by atoms with E-state index in [1.807, 2.05) is 54.9 Å². The van der Waals surface area contributed by atoms with Gasteiger partial charge in [-0.1, -0.05) is 12.1 Å². The highest BCUT2D eigenvalue weighted by Crippen LogP contribution is 2.09. The van der Waals surface area contributed by atoms with Gasteiger partial charge < -0.3 is 9.80 Å². The van der Waals surface area contributed by atoms with Crippen LogP contribution in [0.5, 0.6) is 0 Å². The molecule has 0 amide bonds. The summed E-state index contributed by atoms with van der Waals surface area (Å²) in [6.07, 6.45) is 4.66. The minimum atomic E-state index is 0.785. The van der Waals surface area contributed by atoms with Crippen LogP contribution in [0.4, 0.5) is 0 Å². The van der Waals surface area contributed by atoms with Crippen molar-refractivity contribution in [1.82, 2.24) is 19.6 Å². The van der Waals surface area contributed by atoms with Crippen LogP contribution in [0.15, 0.2) is 47.7 Å². The molecule has 1 heterocycles. The van der Waals surface area contributed by atoms with Crippen LogP contribution < -0.4 is 0 Å². The van der Waals surface area contributed by atoms with Crippen molar-refractivity contribution in [3.05, 3.63) is 48.3 Å². The smallest absolute Gasteiger partial charge is 0.195 e. The molecule has 0 N–H and O–H groups in total. The zero-order valence-corrected chi connectivity index (χ0v) is 13.2. The number of hydrogen-bond acceptors (Lipinski definition) is 2. The molecule has 0 fully saturated rings. The van der Waals surface area contributed by atoms with Crippen molar-refractivity contribution in [2.45, 2.75) is 6.42 Å². The zero-order valence-electron chi connectivity index (χ0n) is 13.2.